The highest BCUT2D eigenvalue weighted by molar-refractivity contribution is 7.99. The monoisotopic (exact) mass is 381 g/mol. The molecule has 0 bridgehead atoms. The summed E-state index contributed by atoms with van der Waals surface area (Å²) in [5.41, 5.74) is 3.66. The summed E-state index contributed by atoms with van der Waals surface area (Å²) in [5, 5.41) is 4.06. The molecule has 1 N–H and O–H groups in total. The number of anilines is 1. The van der Waals surface area contributed by atoms with E-state index in [1.807, 2.05) is 64.1 Å². The van der Waals surface area contributed by atoms with Crippen molar-refractivity contribution in [1.82, 2.24) is 9.55 Å². The van der Waals surface area contributed by atoms with Crippen molar-refractivity contribution in [3.8, 4) is 0 Å². The molecule has 1 amide bonds. The molecule has 0 atom stereocenters. The minimum atomic E-state index is -0.124. The first kappa shape index (κ1) is 19.2. The molecule has 0 unspecified atom stereocenters. The van der Waals surface area contributed by atoms with Crippen molar-refractivity contribution in [1.29, 1.82) is 0 Å². The molecule has 0 saturated heterocycles. The summed E-state index contributed by atoms with van der Waals surface area (Å²) in [7, 11) is 0. The average Bonchev–Trinajstić information content (AvgIpc) is 2.63. The van der Waals surface area contributed by atoms with Crippen molar-refractivity contribution in [2.24, 2.45) is 0 Å². The van der Waals surface area contributed by atoms with Crippen LogP contribution in [0.25, 0.3) is 10.9 Å². The minimum Gasteiger partial charge on any atom is -0.325 e. The van der Waals surface area contributed by atoms with Crippen LogP contribution >= 0.6 is 11.8 Å². The number of nitrogens with zero attached hydrogens (tertiary/aromatic N) is 2. The van der Waals surface area contributed by atoms with Crippen LogP contribution in [0.5, 0.6) is 0 Å². The first-order valence-electron chi connectivity index (χ1n) is 8.88. The highest BCUT2D eigenvalue weighted by Crippen LogP contribution is 2.21. The summed E-state index contributed by atoms with van der Waals surface area (Å²) in [6, 6.07) is 13.1. The van der Waals surface area contributed by atoms with Crippen molar-refractivity contribution in [3.63, 3.8) is 0 Å². The molecule has 1 heterocycles. The SMILES string of the molecule is Cc1ccc(NC(=O)CSc2nc3ccccc3c(=O)n2C(C)C)cc1C. The molecule has 0 aliphatic heterocycles. The van der Waals surface area contributed by atoms with Crippen LogP contribution in [0, 0.1) is 13.8 Å². The summed E-state index contributed by atoms with van der Waals surface area (Å²) in [6.45, 7) is 7.93. The Morgan fingerprint density at radius 2 is 1.89 bits per heavy atom. The molecule has 140 valence electrons. The van der Waals surface area contributed by atoms with Gasteiger partial charge in [-0.1, -0.05) is 30.0 Å². The Balaban J connectivity index is 1.81. The van der Waals surface area contributed by atoms with Crippen LogP contribution in [0.15, 0.2) is 52.4 Å². The second-order valence-corrected chi connectivity index (χ2v) is 7.76. The number of thioether (sulfide) groups is 1. The number of aromatic nitrogens is 2. The number of carbonyl (C=O) groups is 1. The maximum atomic E-state index is 12.8. The molecule has 3 rings (SSSR count). The second-order valence-electron chi connectivity index (χ2n) is 6.82. The summed E-state index contributed by atoms with van der Waals surface area (Å²) in [4.78, 5) is 29.8. The molecular weight excluding hydrogens is 358 g/mol. The van der Waals surface area contributed by atoms with Gasteiger partial charge in [0.1, 0.15) is 0 Å². The van der Waals surface area contributed by atoms with E-state index in [0.717, 1.165) is 11.3 Å². The number of fused-ring (bicyclic) bond motifs is 1. The van der Waals surface area contributed by atoms with Crippen molar-refractivity contribution >= 4 is 34.3 Å². The third-order valence-corrected chi connectivity index (χ3v) is 5.37. The number of carbonyl (C=O) groups excluding carboxylic acids is 1. The molecule has 3 aromatic rings. The normalized spacial score (nSPS) is 11.1. The Labute approximate surface area is 162 Å². The van der Waals surface area contributed by atoms with E-state index in [2.05, 4.69) is 10.3 Å². The lowest BCUT2D eigenvalue weighted by atomic mass is 10.1. The van der Waals surface area contributed by atoms with Gasteiger partial charge in [0.25, 0.3) is 5.56 Å². The van der Waals surface area contributed by atoms with Crippen LogP contribution in [0.2, 0.25) is 0 Å². The van der Waals surface area contributed by atoms with Gasteiger partial charge in [0, 0.05) is 11.7 Å². The first-order chi connectivity index (χ1) is 12.9. The van der Waals surface area contributed by atoms with Gasteiger partial charge >= 0.3 is 0 Å². The highest BCUT2D eigenvalue weighted by atomic mass is 32.2. The average molecular weight is 382 g/mol. The number of hydrogen-bond acceptors (Lipinski definition) is 4. The van der Waals surface area contributed by atoms with Crippen LogP contribution in [0.1, 0.15) is 31.0 Å². The van der Waals surface area contributed by atoms with Gasteiger partial charge in [-0.15, -0.1) is 0 Å². The highest BCUT2D eigenvalue weighted by Gasteiger charge is 2.15. The van der Waals surface area contributed by atoms with Gasteiger partial charge < -0.3 is 5.32 Å². The Bertz CT molecular complexity index is 1060. The zero-order chi connectivity index (χ0) is 19.6. The largest absolute Gasteiger partial charge is 0.325 e. The molecular formula is C21H23N3O2S. The Kier molecular flexibility index (Phi) is 5.65. The van der Waals surface area contributed by atoms with Gasteiger partial charge in [-0.3, -0.25) is 14.2 Å². The van der Waals surface area contributed by atoms with E-state index in [9.17, 15) is 9.59 Å². The zero-order valence-electron chi connectivity index (χ0n) is 15.9. The zero-order valence-corrected chi connectivity index (χ0v) is 16.8. The number of benzene rings is 2. The van der Waals surface area contributed by atoms with E-state index in [1.165, 1.54) is 17.3 Å². The number of nitrogens with one attached hydrogen (secondary N) is 1. The molecule has 0 radical (unpaired) electrons. The van der Waals surface area contributed by atoms with Crippen LogP contribution in [0.4, 0.5) is 5.69 Å². The molecule has 0 saturated carbocycles. The molecule has 0 fully saturated rings. The van der Waals surface area contributed by atoms with Crippen LogP contribution < -0.4 is 10.9 Å². The van der Waals surface area contributed by atoms with Crippen LogP contribution in [0.3, 0.4) is 0 Å². The summed E-state index contributed by atoms with van der Waals surface area (Å²) in [6.07, 6.45) is 0. The summed E-state index contributed by atoms with van der Waals surface area (Å²) in [5.74, 6) is 0.0608. The predicted molar refractivity (Wildman–Crippen MR) is 112 cm³/mol. The molecule has 0 aliphatic rings. The van der Waals surface area contributed by atoms with Gasteiger partial charge in [-0.2, -0.15) is 0 Å². The second kappa shape index (κ2) is 7.96. The lowest BCUT2D eigenvalue weighted by molar-refractivity contribution is -0.113. The first-order valence-corrected chi connectivity index (χ1v) is 9.86. The lowest BCUT2D eigenvalue weighted by Crippen LogP contribution is -2.25. The predicted octanol–water partition coefficient (Wildman–Crippen LogP) is 4.33. The Morgan fingerprint density at radius 3 is 2.59 bits per heavy atom. The molecule has 1 aromatic heterocycles. The summed E-state index contributed by atoms with van der Waals surface area (Å²) < 4.78 is 1.65. The molecule has 6 heteroatoms. The maximum absolute atomic E-state index is 12.8. The summed E-state index contributed by atoms with van der Waals surface area (Å²) >= 11 is 1.28. The van der Waals surface area contributed by atoms with E-state index in [1.54, 1.807) is 10.6 Å². The fourth-order valence-electron chi connectivity index (χ4n) is 2.83. The minimum absolute atomic E-state index is 0.0417. The van der Waals surface area contributed by atoms with Crippen molar-refractivity contribution in [2.75, 3.05) is 11.1 Å². The van der Waals surface area contributed by atoms with Crippen molar-refractivity contribution < 1.29 is 4.79 Å². The van der Waals surface area contributed by atoms with E-state index in [0.29, 0.717) is 16.1 Å². The topological polar surface area (TPSA) is 64.0 Å². The Hall–Kier alpha value is -2.60. The third-order valence-electron chi connectivity index (χ3n) is 4.41. The molecule has 5 nitrogen and oxygen atoms in total. The van der Waals surface area contributed by atoms with Crippen molar-refractivity contribution in [2.45, 2.75) is 38.9 Å². The van der Waals surface area contributed by atoms with Gasteiger partial charge in [0.15, 0.2) is 5.16 Å². The number of hydrogen-bond donors (Lipinski definition) is 1. The van der Waals surface area contributed by atoms with Crippen molar-refractivity contribution in [3.05, 3.63) is 63.9 Å². The fourth-order valence-corrected chi connectivity index (χ4v) is 3.76. The smallest absolute Gasteiger partial charge is 0.262 e. The lowest BCUT2D eigenvalue weighted by Gasteiger charge is -2.16. The van der Waals surface area contributed by atoms with E-state index in [-0.39, 0.29) is 23.3 Å². The molecule has 27 heavy (non-hydrogen) atoms. The van der Waals surface area contributed by atoms with Gasteiger partial charge in [-0.05, 0) is 63.1 Å². The number of rotatable bonds is 5. The van der Waals surface area contributed by atoms with E-state index < -0.39 is 0 Å². The molecule has 0 aliphatic carbocycles. The van der Waals surface area contributed by atoms with E-state index in [4.69, 9.17) is 0 Å². The fraction of sp³-hybridized carbons (Fsp3) is 0.286. The standard InChI is InChI=1S/C21H23N3O2S/c1-13(2)24-20(26)17-7-5-6-8-18(17)23-21(24)27-12-19(25)22-16-10-9-14(3)15(4)11-16/h5-11,13H,12H2,1-4H3,(H,22,25). The Morgan fingerprint density at radius 1 is 1.15 bits per heavy atom. The van der Waals surface area contributed by atoms with Gasteiger partial charge in [0.05, 0.1) is 16.7 Å². The molecule has 0 spiro atoms. The van der Waals surface area contributed by atoms with Crippen LogP contribution in [-0.2, 0) is 4.79 Å². The number of para-hydroxylation sites is 1. The third kappa shape index (κ3) is 4.22. The van der Waals surface area contributed by atoms with E-state index >= 15 is 0 Å². The number of amides is 1. The quantitative estimate of drug-likeness (QED) is 0.528. The van der Waals surface area contributed by atoms with Gasteiger partial charge in [0.2, 0.25) is 5.91 Å². The van der Waals surface area contributed by atoms with Gasteiger partial charge in [-0.25, -0.2) is 4.98 Å². The van der Waals surface area contributed by atoms with Crippen LogP contribution in [-0.4, -0.2) is 21.2 Å². The number of aryl methyl sites for hydroxylation is 2. The molecule has 2 aromatic carbocycles. The maximum Gasteiger partial charge on any atom is 0.262 e.